The van der Waals surface area contributed by atoms with E-state index >= 15 is 0 Å². The van der Waals surface area contributed by atoms with Gasteiger partial charge >= 0.3 is 5.97 Å². The second-order valence-corrected chi connectivity index (χ2v) is 6.72. The molecule has 3 nitrogen and oxygen atoms in total. The fourth-order valence-electron chi connectivity index (χ4n) is 3.68. The first-order chi connectivity index (χ1) is 11.8. The van der Waals surface area contributed by atoms with Crippen molar-refractivity contribution >= 4 is 5.97 Å². The SMILES string of the molecule is CCOC(=O)c1cc(-c2ccccc2)[nH]c1CC1CCCCCC1. The third-order valence-corrected chi connectivity index (χ3v) is 4.95. The van der Waals surface area contributed by atoms with Crippen LogP contribution in [0.1, 0.15) is 61.5 Å². The molecule has 0 atom stereocenters. The standard InChI is InChI=1S/C21H27NO2/c1-2-24-21(23)18-15-19(17-12-8-5-9-13-17)22-20(18)14-16-10-6-3-4-7-11-16/h5,8-9,12-13,15-16,22H,2-4,6-7,10-11,14H2,1H3. The van der Waals surface area contributed by atoms with Crippen LogP contribution in [0.2, 0.25) is 0 Å². The maximum absolute atomic E-state index is 12.4. The van der Waals surface area contributed by atoms with Crippen LogP contribution in [0, 0.1) is 5.92 Å². The van der Waals surface area contributed by atoms with Gasteiger partial charge in [-0.2, -0.15) is 0 Å². The highest BCUT2D eigenvalue weighted by atomic mass is 16.5. The van der Waals surface area contributed by atoms with E-state index in [4.69, 9.17) is 4.74 Å². The highest BCUT2D eigenvalue weighted by molar-refractivity contribution is 5.92. The maximum atomic E-state index is 12.4. The number of carbonyl (C=O) groups is 1. The number of esters is 1. The summed E-state index contributed by atoms with van der Waals surface area (Å²) in [7, 11) is 0. The molecule has 1 aromatic heterocycles. The Bertz CT molecular complexity index is 652. The first kappa shape index (κ1) is 16.8. The molecule has 1 saturated carbocycles. The van der Waals surface area contributed by atoms with Crippen LogP contribution < -0.4 is 0 Å². The molecule has 1 N–H and O–H groups in total. The number of hydrogen-bond acceptors (Lipinski definition) is 2. The summed E-state index contributed by atoms with van der Waals surface area (Å²) in [6, 6.07) is 12.1. The molecular weight excluding hydrogens is 298 g/mol. The Morgan fingerprint density at radius 1 is 1.12 bits per heavy atom. The molecule has 3 rings (SSSR count). The van der Waals surface area contributed by atoms with Crippen LogP contribution in [-0.4, -0.2) is 17.6 Å². The highest BCUT2D eigenvalue weighted by Gasteiger charge is 2.21. The Kier molecular flexibility index (Phi) is 5.73. The van der Waals surface area contributed by atoms with Crippen molar-refractivity contribution in [2.45, 2.75) is 51.9 Å². The van der Waals surface area contributed by atoms with Crippen LogP contribution in [0.4, 0.5) is 0 Å². The smallest absolute Gasteiger partial charge is 0.339 e. The van der Waals surface area contributed by atoms with Gasteiger partial charge in [-0.05, 0) is 30.9 Å². The zero-order chi connectivity index (χ0) is 16.8. The molecule has 128 valence electrons. The topological polar surface area (TPSA) is 42.1 Å². The lowest BCUT2D eigenvalue weighted by molar-refractivity contribution is 0.0525. The first-order valence-electron chi connectivity index (χ1n) is 9.22. The number of ether oxygens (including phenoxy) is 1. The summed E-state index contributed by atoms with van der Waals surface area (Å²) in [6.45, 7) is 2.27. The lowest BCUT2D eigenvalue weighted by Crippen LogP contribution is -2.10. The molecule has 3 heteroatoms. The summed E-state index contributed by atoms with van der Waals surface area (Å²) in [6.07, 6.45) is 8.80. The van der Waals surface area contributed by atoms with Crippen LogP contribution in [0.25, 0.3) is 11.3 Å². The summed E-state index contributed by atoms with van der Waals surface area (Å²) in [5.41, 5.74) is 3.86. The van der Waals surface area contributed by atoms with Crippen molar-refractivity contribution in [3.63, 3.8) is 0 Å². The first-order valence-corrected chi connectivity index (χ1v) is 9.22. The zero-order valence-corrected chi connectivity index (χ0v) is 14.5. The van der Waals surface area contributed by atoms with Crippen LogP contribution >= 0.6 is 0 Å². The summed E-state index contributed by atoms with van der Waals surface area (Å²) < 4.78 is 5.27. The van der Waals surface area contributed by atoms with Crippen molar-refractivity contribution in [3.8, 4) is 11.3 Å². The van der Waals surface area contributed by atoms with Crippen LogP contribution in [0.15, 0.2) is 36.4 Å². The molecule has 0 aliphatic heterocycles. The van der Waals surface area contributed by atoms with Crippen molar-refractivity contribution in [3.05, 3.63) is 47.7 Å². The molecule has 1 aromatic carbocycles. The predicted molar refractivity (Wildman–Crippen MR) is 97.1 cm³/mol. The van der Waals surface area contributed by atoms with Gasteiger partial charge < -0.3 is 9.72 Å². The van der Waals surface area contributed by atoms with Gasteiger partial charge in [-0.25, -0.2) is 4.79 Å². The number of H-pyrrole nitrogens is 1. The van der Waals surface area contributed by atoms with E-state index in [0.717, 1.165) is 23.4 Å². The van der Waals surface area contributed by atoms with Gasteiger partial charge in [-0.3, -0.25) is 0 Å². The molecule has 1 heterocycles. The van der Waals surface area contributed by atoms with E-state index in [0.29, 0.717) is 18.1 Å². The van der Waals surface area contributed by atoms with Crippen LogP contribution in [0.5, 0.6) is 0 Å². The number of benzene rings is 1. The molecule has 0 unspecified atom stereocenters. The molecule has 0 amide bonds. The summed E-state index contributed by atoms with van der Waals surface area (Å²) in [5, 5.41) is 0. The second-order valence-electron chi connectivity index (χ2n) is 6.72. The van der Waals surface area contributed by atoms with Crippen molar-refractivity contribution in [1.29, 1.82) is 0 Å². The van der Waals surface area contributed by atoms with E-state index in [9.17, 15) is 4.79 Å². The number of rotatable bonds is 5. The normalized spacial score (nSPS) is 15.9. The average Bonchev–Trinajstić information content (AvgIpc) is 2.85. The third-order valence-electron chi connectivity index (χ3n) is 4.95. The highest BCUT2D eigenvalue weighted by Crippen LogP contribution is 2.29. The molecule has 2 aromatic rings. The van der Waals surface area contributed by atoms with E-state index in [1.807, 2.05) is 31.2 Å². The lowest BCUT2D eigenvalue weighted by atomic mass is 9.94. The quantitative estimate of drug-likeness (QED) is 0.593. The van der Waals surface area contributed by atoms with Gasteiger partial charge in [0.15, 0.2) is 0 Å². The summed E-state index contributed by atoms with van der Waals surface area (Å²) in [5.74, 6) is 0.461. The minimum Gasteiger partial charge on any atom is -0.462 e. The van der Waals surface area contributed by atoms with Gasteiger partial charge in [0.25, 0.3) is 0 Å². The van der Waals surface area contributed by atoms with Gasteiger partial charge in [0, 0.05) is 11.4 Å². The van der Waals surface area contributed by atoms with E-state index in [-0.39, 0.29) is 5.97 Å². The minimum atomic E-state index is -0.209. The van der Waals surface area contributed by atoms with Gasteiger partial charge in [0.1, 0.15) is 0 Å². The van der Waals surface area contributed by atoms with Gasteiger partial charge in [0.05, 0.1) is 12.2 Å². The van der Waals surface area contributed by atoms with Gasteiger partial charge in [0.2, 0.25) is 0 Å². The number of aromatic amines is 1. The Morgan fingerprint density at radius 2 is 1.83 bits per heavy atom. The van der Waals surface area contributed by atoms with Crippen molar-refractivity contribution < 1.29 is 9.53 Å². The van der Waals surface area contributed by atoms with Crippen molar-refractivity contribution in [2.75, 3.05) is 6.61 Å². The fraction of sp³-hybridized carbons (Fsp3) is 0.476. The van der Waals surface area contributed by atoms with Gasteiger partial charge in [-0.15, -0.1) is 0 Å². The number of nitrogens with one attached hydrogen (secondary N) is 1. The number of hydrogen-bond donors (Lipinski definition) is 1. The molecule has 1 aliphatic carbocycles. The molecule has 0 radical (unpaired) electrons. The number of carbonyl (C=O) groups excluding carboxylic acids is 1. The zero-order valence-electron chi connectivity index (χ0n) is 14.5. The molecule has 24 heavy (non-hydrogen) atoms. The molecule has 1 aliphatic rings. The van der Waals surface area contributed by atoms with E-state index < -0.39 is 0 Å². The molecular formula is C21H27NO2. The minimum absolute atomic E-state index is 0.209. The molecule has 0 saturated heterocycles. The van der Waals surface area contributed by atoms with Gasteiger partial charge in [-0.1, -0.05) is 68.9 Å². The lowest BCUT2D eigenvalue weighted by Gasteiger charge is -2.14. The molecule has 1 fully saturated rings. The van der Waals surface area contributed by atoms with E-state index in [2.05, 4.69) is 17.1 Å². The fourth-order valence-corrected chi connectivity index (χ4v) is 3.68. The Balaban J connectivity index is 1.87. The van der Waals surface area contributed by atoms with Crippen molar-refractivity contribution in [1.82, 2.24) is 4.98 Å². The molecule has 0 spiro atoms. The third kappa shape index (κ3) is 4.08. The van der Waals surface area contributed by atoms with Crippen LogP contribution in [-0.2, 0) is 11.2 Å². The van der Waals surface area contributed by atoms with E-state index in [1.54, 1.807) is 0 Å². The van der Waals surface area contributed by atoms with Crippen molar-refractivity contribution in [2.24, 2.45) is 5.92 Å². The average molecular weight is 325 g/mol. The molecule has 0 bridgehead atoms. The monoisotopic (exact) mass is 325 g/mol. The summed E-state index contributed by atoms with van der Waals surface area (Å²) in [4.78, 5) is 15.9. The summed E-state index contributed by atoms with van der Waals surface area (Å²) >= 11 is 0. The Hall–Kier alpha value is -2.03. The number of aromatic nitrogens is 1. The van der Waals surface area contributed by atoms with Crippen LogP contribution in [0.3, 0.4) is 0 Å². The Labute approximate surface area is 144 Å². The Morgan fingerprint density at radius 3 is 2.50 bits per heavy atom. The maximum Gasteiger partial charge on any atom is 0.339 e. The van der Waals surface area contributed by atoms with E-state index in [1.165, 1.54) is 38.5 Å². The predicted octanol–water partition coefficient (Wildman–Crippen LogP) is 5.37. The largest absolute Gasteiger partial charge is 0.462 e. The second kappa shape index (κ2) is 8.18.